The van der Waals surface area contributed by atoms with E-state index in [0.29, 0.717) is 6.54 Å². The van der Waals surface area contributed by atoms with Crippen LogP contribution in [0.1, 0.15) is 28.0 Å². The maximum atomic E-state index is 5.20. The summed E-state index contributed by atoms with van der Waals surface area (Å²) in [6, 6.07) is 6.28. The largest absolute Gasteiger partial charge is 0.361 e. The molecular formula is C21H30N8OS. The summed E-state index contributed by atoms with van der Waals surface area (Å²) in [5, 5.41) is 18.2. The molecule has 0 atom stereocenters. The first-order chi connectivity index (χ1) is 15.1. The lowest BCUT2D eigenvalue weighted by atomic mass is 10.3. The number of guanidine groups is 1. The lowest BCUT2D eigenvalue weighted by molar-refractivity contribution is 0.169. The van der Waals surface area contributed by atoms with Gasteiger partial charge in [-0.2, -0.15) is 0 Å². The van der Waals surface area contributed by atoms with Gasteiger partial charge in [-0.3, -0.25) is 4.90 Å². The Kier molecular flexibility index (Phi) is 6.98. The molecule has 4 heterocycles. The molecule has 0 aliphatic carbocycles. The third-order valence-electron chi connectivity index (χ3n) is 5.52. The molecule has 0 radical (unpaired) electrons. The maximum Gasteiger partial charge on any atom is 0.194 e. The van der Waals surface area contributed by atoms with E-state index in [0.717, 1.165) is 74.8 Å². The average molecular weight is 443 g/mol. The van der Waals surface area contributed by atoms with Gasteiger partial charge in [0.15, 0.2) is 11.8 Å². The van der Waals surface area contributed by atoms with Crippen molar-refractivity contribution in [2.75, 3.05) is 32.7 Å². The lowest BCUT2D eigenvalue weighted by Gasteiger charge is -2.36. The summed E-state index contributed by atoms with van der Waals surface area (Å²) >= 11 is 1.79. The van der Waals surface area contributed by atoms with Crippen LogP contribution in [0.3, 0.4) is 0 Å². The highest BCUT2D eigenvalue weighted by Crippen LogP contribution is 2.11. The molecule has 0 amide bonds. The molecule has 0 unspecified atom stereocenters. The van der Waals surface area contributed by atoms with Crippen molar-refractivity contribution in [1.29, 1.82) is 0 Å². The second-order valence-electron chi connectivity index (χ2n) is 7.81. The zero-order valence-corrected chi connectivity index (χ0v) is 19.2. The number of aryl methyl sites for hydroxylation is 2. The SMILES string of the molecule is Cc1cc(CN2CCN(C(=NCc3nnc(C)n3C)NCCc3cccs3)CC2)no1. The molecule has 1 aliphatic heterocycles. The van der Waals surface area contributed by atoms with Gasteiger partial charge in [0.2, 0.25) is 0 Å². The Labute approximate surface area is 186 Å². The van der Waals surface area contributed by atoms with Crippen molar-refractivity contribution in [3.63, 3.8) is 0 Å². The summed E-state index contributed by atoms with van der Waals surface area (Å²) in [6.45, 7) is 9.82. The van der Waals surface area contributed by atoms with Crippen LogP contribution in [0.2, 0.25) is 0 Å². The molecule has 4 rings (SSSR count). The van der Waals surface area contributed by atoms with Gasteiger partial charge in [0.05, 0.1) is 5.69 Å². The van der Waals surface area contributed by atoms with Crippen molar-refractivity contribution >= 4 is 17.3 Å². The van der Waals surface area contributed by atoms with Crippen molar-refractivity contribution in [2.24, 2.45) is 12.0 Å². The van der Waals surface area contributed by atoms with Crippen LogP contribution >= 0.6 is 11.3 Å². The van der Waals surface area contributed by atoms with Crippen molar-refractivity contribution in [3.05, 3.63) is 51.6 Å². The molecule has 1 fully saturated rings. The summed E-state index contributed by atoms with van der Waals surface area (Å²) in [5.41, 5.74) is 0.992. The highest BCUT2D eigenvalue weighted by molar-refractivity contribution is 7.09. The fraction of sp³-hybridized carbons (Fsp3) is 0.524. The first-order valence-electron chi connectivity index (χ1n) is 10.6. The molecular weight excluding hydrogens is 412 g/mol. The van der Waals surface area contributed by atoms with E-state index in [1.807, 2.05) is 31.5 Å². The van der Waals surface area contributed by atoms with E-state index in [2.05, 4.69) is 48.0 Å². The minimum absolute atomic E-state index is 0.511. The van der Waals surface area contributed by atoms with Crippen molar-refractivity contribution in [2.45, 2.75) is 33.4 Å². The third kappa shape index (κ3) is 5.71. The molecule has 1 N–H and O–H groups in total. The molecule has 166 valence electrons. The van der Waals surface area contributed by atoms with Gasteiger partial charge in [-0.05, 0) is 31.7 Å². The van der Waals surface area contributed by atoms with E-state index in [1.165, 1.54) is 4.88 Å². The predicted molar refractivity (Wildman–Crippen MR) is 121 cm³/mol. The molecule has 31 heavy (non-hydrogen) atoms. The van der Waals surface area contributed by atoms with Crippen molar-refractivity contribution < 1.29 is 4.52 Å². The minimum Gasteiger partial charge on any atom is -0.361 e. The summed E-state index contributed by atoms with van der Waals surface area (Å²) in [7, 11) is 1.98. The first-order valence-corrected chi connectivity index (χ1v) is 11.5. The number of aliphatic imine (C=N–C) groups is 1. The molecule has 0 spiro atoms. The van der Waals surface area contributed by atoms with Crippen LogP contribution in [-0.2, 0) is 26.6 Å². The topological polar surface area (TPSA) is 87.6 Å². The Morgan fingerprint density at radius 1 is 1.23 bits per heavy atom. The number of nitrogens with zero attached hydrogens (tertiary/aromatic N) is 7. The molecule has 3 aromatic rings. The number of aromatic nitrogens is 4. The van der Waals surface area contributed by atoms with Crippen LogP contribution < -0.4 is 5.32 Å². The van der Waals surface area contributed by atoms with Gasteiger partial charge in [0.25, 0.3) is 0 Å². The van der Waals surface area contributed by atoms with Gasteiger partial charge in [-0.15, -0.1) is 21.5 Å². The quantitative estimate of drug-likeness (QED) is 0.442. The van der Waals surface area contributed by atoms with Gasteiger partial charge in [-0.1, -0.05) is 11.2 Å². The normalized spacial score (nSPS) is 15.6. The molecule has 0 bridgehead atoms. The maximum absolute atomic E-state index is 5.20. The van der Waals surface area contributed by atoms with Crippen LogP contribution in [0.4, 0.5) is 0 Å². The Morgan fingerprint density at radius 2 is 2.06 bits per heavy atom. The molecule has 0 aromatic carbocycles. The van der Waals surface area contributed by atoms with E-state index >= 15 is 0 Å². The predicted octanol–water partition coefficient (Wildman–Crippen LogP) is 1.99. The number of rotatable bonds is 7. The summed E-state index contributed by atoms with van der Waals surface area (Å²) in [4.78, 5) is 11.0. The summed E-state index contributed by atoms with van der Waals surface area (Å²) < 4.78 is 7.19. The van der Waals surface area contributed by atoms with Crippen LogP contribution in [0.25, 0.3) is 0 Å². The smallest absolute Gasteiger partial charge is 0.194 e. The van der Waals surface area contributed by atoms with E-state index < -0.39 is 0 Å². The zero-order chi connectivity index (χ0) is 21.6. The van der Waals surface area contributed by atoms with Crippen LogP contribution in [0, 0.1) is 13.8 Å². The number of thiophene rings is 1. The van der Waals surface area contributed by atoms with Crippen LogP contribution in [-0.4, -0.2) is 68.4 Å². The van der Waals surface area contributed by atoms with Crippen LogP contribution in [0.5, 0.6) is 0 Å². The van der Waals surface area contributed by atoms with Gasteiger partial charge < -0.3 is 19.3 Å². The molecule has 1 saturated heterocycles. The Balaban J connectivity index is 1.37. The van der Waals surface area contributed by atoms with E-state index in [9.17, 15) is 0 Å². The van der Waals surface area contributed by atoms with Crippen molar-refractivity contribution in [1.82, 2.24) is 35.0 Å². The van der Waals surface area contributed by atoms with Gasteiger partial charge in [0, 0.05) is 57.3 Å². The fourth-order valence-corrected chi connectivity index (χ4v) is 4.30. The third-order valence-corrected chi connectivity index (χ3v) is 6.46. The lowest BCUT2D eigenvalue weighted by Crippen LogP contribution is -2.52. The zero-order valence-electron chi connectivity index (χ0n) is 18.4. The second-order valence-corrected chi connectivity index (χ2v) is 8.84. The molecule has 1 aliphatic rings. The number of piperazine rings is 1. The second kappa shape index (κ2) is 10.1. The van der Waals surface area contributed by atoms with Gasteiger partial charge in [0.1, 0.15) is 18.1 Å². The highest BCUT2D eigenvalue weighted by Gasteiger charge is 2.21. The Bertz CT molecular complexity index is 985. The van der Waals surface area contributed by atoms with Crippen LogP contribution in [0.15, 0.2) is 33.1 Å². The first kappa shape index (κ1) is 21.5. The fourth-order valence-electron chi connectivity index (χ4n) is 3.59. The number of hydrogen-bond donors (Lipinski definition) is 1. The molecule has 9 nitrogen and oxygen atoms in total. The summed E-state index contributed by atoms with van der Waals surface area (Å²) in [5.74, 6) is 3.57. The monoisotopic (exact) mass is 442 g/mol. The van der Waals surface area contributed by atoms with E-state index in [1.54, 1.807) is 11.3 Å². The minimum atomic E-state index is 0.511. The Morgan fingerprint density at radius 3 is 2.71 bits per heavy atom. The Hall–Kier alpha value is -2.72. The van der Waals surface area contributed by atoms with E-state index in [-0.39, 0.29) is 0 Å². The number of hydrogen-bond acceptors (Lipinski definition) is 7. The number of nitrogens with one attached hydrogen (secondary N) is 1. The highest BCUT2D eigenvalue weighted by atomic mass is 32.1. The average Bonchev–Trinajstić information content (AvgIpc) is 3.50. The molecule has 3 aromatic heterocycles. The van der Waals surface area contributed by atoms with E-state index in [4.69, 9.17) is 9.52 Å². The van der Waals surface area contributed by atoms with Crippen molar-refractivity contribution in [3.8, 4) is 0 Å². The van der Waals surface area contributed by atoms with Gasteiger partial charge in [-0.25, -0.2) is 4.99 Å². The molecule has 0 saturated carbocycles. The molecule has 10 heteroatoms. The standard InChI is InChI=1S/C21H30N8OS/c1-16-13-18(26-30-16)15-28-8-10-29(11-9-28)21(22-7-6-19-5-4-12-31-19)23-14-20-25-24-17(2)27(20)3/h4-5,12-13H,6-11,14-15H2,1-3H3,(H,22,23). The summed E-state index contributed by atoms with van der Waals surface area (Å²) in [6.07, 6.45) is 0.991. The van der Waals surface area contributed by atoms with Gasteiger partial charge >= 0.3 is 0 Å².